The Kier molecular flexibility index (Phi) is 8.16. The number of amides is 1. The fraction of sp³-hybridized carbons (Fsp3) is 0.385. The molecule has 1 fully saturated rings. The summed E-state index contributed by atoms with van der Waals surface area (Å²) in [5.74, 6) is -0.876. The van der Waals surface area contributed by atoms with Crippen molar-refractivity contribution in [2.75, 3.05) is 26.2 Å². The second-order valence-corrected chi connectivity index (χ2v) is 8.70. The third kappa shape index (κ3) is 5.57. The van der Waals surface area contributed by atoms with E-state index < -0.39 is 17.7 Å². The highest BCUT2D eigenvalue weighted by Gasteiger charge is 2.46. The molecule has 1 unspecified atom stereocenters. The second-order valence-electron chi connectivity index (χ2n) is 8.27. The number of halogens is 1. The number of ether oxygens (including phenoxy) is 1. The molecule has 0 radical (unpaired) electrons. The van der Waals surface area contributed by atoms with E-state index in [0.29, 0.717) is 35.0 Å². The van der Waals surface area contributed by atoms with Crippen LogP contribution >= 0.6 is 11.6 Å². The van der Waals surface area contributed by atoms with Gasteiger partial charge in [0.25, 0.3) is 11.7 Å². The van der Waals surface area contributed by atoms with Gasteiger partial charge in [-0.25, -0.2) is 0 Å². The van der Waals surface area contributed by atoms with Crippen LogP contribution in [0.15, 0.2) is 54.1 Å². The first-order valence-corrected chi connectivity index (χ1v) is 11.7. The Morgan fingerprint density at radius 2 is 1.79 bits per heavy atom. The maximum atomic E-state index is 13.1. The van der Waals surface area contributed by atoms with E-state index in [4.69, 9.17) is 16.3 Å². The molecule has 176 valence electrons. The van der Waals surface area contributed by atoms with E-state index >= 15 is 0 Å². The average Bonchev–Trinajstić information content (AvgIpc) is 3.04. The van der Waals surface area contributed by atoms with E-state index in [1.165, 1.54) is 0 Å². The Bertz CT molecular complexity index is 1030. The molecule has 2 aromatic carbocycles. The number of carbonyl (C=O) groups is 2. The number of aliphatic hydroxyl groups is 1. The van der Waals surface area contributed by atoms with Gasteiger partial charge in [-0.1, -0.05) is 37.6 Å². The van der Waals surface area contributed by atoms with E-state index in [9.17, 15) is 14.7 Å². The smallest absolute Gasteiger partial charge is 0.295 e. The van der Waals surface area contributed by atoms with Gasteiger partial charge in [0.15, 0.2) is 0 Å². The largest absolute Gasteiger partial charge is 0.507 e. The third-order valence-electron chi connectivity index (χ3n) is 5.75. The average molecular weight is 471 g/mol. The lowest BCUT2D eigenvalue weighted by Crippen LogP contribution is -2.38. The van der Waals surface area contributed by atoms with Crippen LogP contribution in [0.3, 0.4) is 0 Å². The van der Waals surface area contributed by atoms with Crippen molar-refractivity contribution in [3.63, 3.8) is 0 Å². The van der Waals surface area contributed by atoms with Crippen molar-refractivity contribution >= 4 is 29.1 Å². The van der Waals surface area contributed by atoms with Gasteiger partial charge in [-0.05, 0) is 68.9 Å². The molecule has 0 spiro atoms. The van der Waals surface area contributed by atoms with E-state index in [1.807, 2.05) is 38.1 Å². The molecule has 33 heavy (non-hydrogen) atoms. The molecule has 1 N–H and O–H groups in total. The van der Waals surface area contributed by atoms with Crippen LogP contribution in [0, 0.1) is 0 Å². The van der Waals surface area contributed by atoms with Gasteiger partial charge >= 0.3 is 0 Å². The molecular weight excluding hydrogens is 440 g/mol. The summed E-state index contributed by atoms with van der Waals surface area (Å²) in [6.07, 6.45) is -0.0247. The number of aliphatic hydroxyl groups excluding tert-OH is 1. The molecule has 1 aliphatic rings. The third-order valence-corrected chi connectivity index (χ3v) is 6.01. The molecule has 1 saturated heterocycles. The maximum Gasteiger partial charge on any atom is 0.295 e. The summed E-state index contributed by atoms with van der Waals surface area (Å²) < 4.78 is 5.84. The van der Waals surface area contributed by atoms with Gasteiger partial charge < -0.3 is 19.6 Å². The Labute approximate surface area is 200 Å². The zero-order chi connectivity index (χ0) is 24.1. The van der Waals surface area contributed by atoms with Crippen molar-refractivity contribution in [1.82, 2.24) is 9.80 Å². The van der Waals surface area contributed by atoms with Crippen molar-refractivity contribution < 1.29 is 19.4 Å². The fourth-order valence-corrected chi connectivity index (χ4v) is 4.17. The van der Waals surface area contributed by atoms with E-state index in [-0.39, 0.29) is 17.4 Å². The Balaban J connectivity index is 2.10. The Morgan fingerprint density at radius 1 is 1.12 bits per heavy atom. The lowest BCUT2D eigenvalue weighted by Gasteiger charge is -2.28. The summed E-state index contributed by atoms with van der Waals surface area (Å²) in [7, 11) is 0. The molecule has 0 bridgehead atoms. The SMILES string of the molecule is CCN(CC)CCN1C(=O)C(=O)/C(=C(\O)c2ccc(Cl)cc2)C1c1cccc(OC(C)C)c1. The highest BCUT2D eigenvalue weighted by Crippen LogP contribution is 2.40. The summed E-state index contributed by atoms with van der Waals surface area (Å²) in [6.45, 7) is 10.7. The number of nitrogens with zero attached hydrogens (tertiary/aromatic N) is 2. The zero-order valence-corrected chi connectivity index (χ0v) is 20.3. The lowest BCUT2D eigenvalue weighted by molar-refractivity contribution is -0.140. The van der Waals surface area contributed by atoms with Crippen molar-refractivity contribution in [2.24, 2.45) is 0 Å². The second kappa shape index (κ2) is 10.9. The zero-order valence-electron chi connectivity index (χ0n) is 19.5. The predicted octanol–water partition coefficient (Wildman–Crippen LogP) is 4.89. The number of rotatable bonds is 9. The summed E-state index contributed by atoms with van der Waals surface area (Å²) in [5.41, 5.74) is 1.21. The Morgan fingerprint density at radius 3 is 2.39 bits per heavy atom. The van der Waals surface area contributed by atoms with Gasteiger partial charge in [0.1, 0.15) is 11.5 Å². The highest BCUT2D eigenvalue weighted by molar-refractivity contribution is 6.46. The quantitative estimate of drug-likeness (QED) is 0.321. The highest BCUT2D eigenvalue weighted by atomic mass is 35.5. The predicted molar refractivity (Wildman–Crippen MR) is 130 cm³/mol. The minimum Gasteiger partial charge on any atom is -0.507 e. The van der Waals surface area contributed by atoms with Crippen LogP contribution < -0.4 is 4.74 Å². The van der Waals surface area contributed by atoms with Crippen molar-refractivity contribution in [1.29, 1.82) is 0 Å². The van der Waals surface area contributed by atoms with Crippen molar-refractivity contribution in [2.45, 2.75) is 39.8 Å². The standard InChI is InChI=1S/C26H31ClN2O4/c1-5-28(6-2)14-15-29-23(19-8-7-9-21(16-19)33-17(3)4)22(25(31)26(29)32)24(30)18-10-12-20(27)13-11-18/h7-13,16-17,23,30H,5-6,14-15H2,1-4H3/b24-22-. The molecule has 1 heterocycles. The fourth-order valence-electron chi connectivity index (χ4n) is 4.04. The van der Waals surface area contributed by atoms with Crippen LogP contribution in [-0.2, 0) is 9.59 Å². The van der Waals surface area contributed by atoms with Crippen LogP contribution in [0.1, 0.15) is 44.9 Å². The number of hydrogen-bond acceptors (Lipinski definition) is 5. The summed E-state index contributed by atoms with van der Waals surface area (Å²) >= 11 is 5.99. The van der Waals surface area contributed by atoms with E-state index in [2.05, 4.69) is 18.7 Å². The molecule has 1 atom stereocenters. The van der Waals surface area contributed by atoms with Gasteiger partial charge in [-0.2, -0.15) is 0 Å². The van der Waals surface area contributed by atoms with E-state index in [1.54, 1.807) is 29.2 Å². The monoisotopic (exact) mass is 470 g/mol. The van der Waals surface area contributed by atoms with Gasteiger partial charge in [-0.3, -0.25) is 9.59 Å². The first kappa shape index (κ1) is 24.8. The molecule has 2 aromatic rings. The molecule has 1 amide bonds. The molecule has 1 aliphatic heterocycles. The summed E-state index contributed by atoms with van der Waals surface area (Å²) in [6, 6.07) is 13.2. The number of Topliss-reactive ketones (excluding diaryl/α,β-unsaturated/α-hetero) is 1. The van der Waals surface area contributed by atoms with Gasteiger partial charge in [-0.15, -0.1) is 0 Å². The van der Waals surface area contributed by atoms with Gasteiger partial charge in [0.2, 0.25) is 0 Å². The molecule has 0 saturated carbocycles. The van der Waals surface area contributed by atoms with Gasteiger partial charge in [0.05, 0.1) is 17.7 Å². The molecule has 0 aliphatic carbocycles. The number of benzene rings is 2. The molecule has 6 nitrogen and oxygen atoms in total. The molecular formula is C26H31ClN2O4. The normalized spacial score (nSPS) is 17.9. The first-order chi connectivity index (χ1) is 15.8. The van der Waals surface area contributed by atoms with Crippen LogP contribution in [0.2, 0.25) is 5.02 Å². The number of likely N-dealkylation sites (tertiary alicyclic amines) is 1. The number of likely N-dealkylation sites (N-methyl/N-ethyl adjacent to an activating group) is 1. The maximum absolute atomic E-state index is 13.1. The van der Waals surface area contributed by atoms with E-state index in [0.717, 1.165) is 13.1 Å². The van der Waals surface area contributed by atoms with Crippen molar-refractivity contribution in [3.05, 3.63) is 70.3 Å². The minimum atomic E-state index is -0.716. The lowest BCUT2D eigenvalue weighted by atomic mass is 9.95. The minimum absolute atomic E-state index is 0.0247. The number of ketones is 1. The molecule has 0 aromatic heterocycles. The topological polar surface area (TPSA) is 70.1 Å². The van der Waals surface area contributed by atoms with Crippen LogP contribution in [0.5, 0.6) is 5.75 Å². The van der Waals surface area contributed by atoms with Gasteiger partial charge in [0, 0.05) is 23.7 Å². The Hall–Kier alpha value is -2.83. The molecule has 7 heteroatoms. The summed E-state index contributed by atoms with van der Waals surface area (Å²) in [5, 5.41) is 11.6. The summed E-state index contributed by atoms with van der Waals surface area (Å²) in [4.78, 5) is 30.0. The van der Waals surface area contributed by atoms with Crippen molar-refractivity contribution in [3.8, 4) is 5.75 Å². The van der Waals surface area contributed by atoms with Crippen LogP contribution in [0.4, 0.5) is 0 Å². The first-order valence-electron chi connectivity index (χ1n) is 11.3. The van der Waals surface area contributed by atoms with Crippen LogP contribution in [0.25, 0.3) is 5.76 Å². The number of carbonyl (C=O) groups excluding carboxylic acids is 2. The number of hydrogen-bond donors (Lipinski definition) is 1. The molecule has 3 rings (SSSR count). The van der Waals surface area contributed by atoms with Crippen LogP contribution in [-0.4, -0.2) is 58.9 Å².